The van der Waals surface area contributed by atoms with E-state index in [1.165, 1.54) is 0 Å². The zero-order chi connectivity index (χ0) is 13.4. The van der Waals surface area contributed by atoms with Crippen molar-refractivity contribution < 1.29 is 0 Å². The fraction of sp³-hybridized carbons (Fsp3) is 0.0714. The Hall–Kier alpha value is -2.19. The number of hydrogen-bond donors (Lipinski definition) is 0. The first-order chi connectivity index (χ1) is 9.20. The molecule has 1 aromatic carbocycles. The van der Waals surface area contributed by atoms with Gasteiger partial charge in [-0.2, -0.15) is 5.26 Å². The molecule has 0 aliphatic rings. The van der Waals surface area contributed by atoms with Gasteiger partial charge in [-0.3, -0.25) is 4.98 Å². The number of nitrogens with zero attached hydrogens (tertiary/aromatic N) is 4. The zero-order valence-electron chi connectivity index (χ0n) is 10.1. The molecule has 3 rings (SSSR count). The highest BCUT2D eigenvalue weighted by molar-refractivity contribution is 9.10. The largest absolute Gasteiger partial charge is 0.327 e. The van der Waals surface area contributed by atoms with E-state index < -0.39 is 0 Å². The molecule has 19 heavy (non-hydrogen) atoms. The van der Waals surface area contributed by atoms with Crippen LogP contribution in [0.2, 0.25) is 0 Å². The topological polar surface area (TPSA) is 54.5 Å². The second-order valence-corrected chi connectivity index (χ2v) is 5.09. The van der Waals surface area contributed by atoms with Crippen molar-refractivity contribution in [1.82, 2.24) is 14.5 Å². The summed E-state index contributed by atoms with van der Waals surface area (Å²) < 4.78 is 2.87. The van der Waals surface area contributed by atoms with E-state index in [1.54, 1.807) is 18.5 Å². The van der Waals surface area contributed by atoms with Gasteiger partial charge in [0.05, 0.1) is 11.1 Å². The molecule has 3 aromatic rings. The Bertz CT molecular complexity index is 814. The average molecular weight is 313 g/mol. The minimum Gasteiger partial charge on any atom is -0.327 e. The molecular formula is C14H9BrN4. The second kappa shape index (κ2) is 4.48. The molecule has 0 aliphatic heterocycles. The van der Waals surface area contributed by atoms with E-state index in [0.29, 0.717) is 5.56 Å². The third-order valence-corrected chi connectivity index (χ3v) is 3.43. The first-order valence-corrected chi connectivity index (χ1v) is 6.46. The lowest BCUT2D eigenvalue weighted by molar-refractivity contribution is 0.957. The molecule has 2 heterocycles. The molecular weight excluding hydrogens is 304 g/mol. The molecule has 4 nitrogen and oxygen atoms in total. The number of fused-ring (bicyclic) bond motifs is 1. The van der Waals surface area contributed by atoms with Gasteiger partial charge in [-0.15, -0.1) is 0 Å². The maximum atomic E-state index is 9.13. The fourth-order valence-electron chi connectivity index (χ4n) is 2.10. The highest BCUT2D eigenvalue weighted by atomic mass is 79.9. The Labute approximate surface area is 118 Å². The van der Waals surface area contributed by atoms with Crippen LogP contribution in [0.4, 0.5) is 0 Å². The predicted molar refractivity (Wildman–Crippen MR) is 76.4 cm³/mol. The summed E-state index contributed by atoms with van der Waals surface area (Å²) in [6, 6.07) is 9.73. The molecule has 0 atom stereocenters. The Morgan fingerprint density at radius 3 is 2.89 bits per heavy atom. The second-order valence-electron chi connectivity index (χ2n) is 4.17. The Balaban J connectivity index is 2.32. The van der Waals surface area contributed by atoms with Crippen molar-refractivity contribution in [3.8, 4) is 17.5 Å². The Morgan fingerprint density at radius 2 is 2.16 bits per heavy atom. The molecule has 5 heteroatoms. The van der Waals surface area contributed by atoms with Gasteiger partial charge in [-0.05, 0) is 34.1 Å². The van der Waals surface area contributed by atoms with E-state index in [2.05, 4.69) is 32.0 Å². The quantitative estimate of drug-likeness (QED) is 0.693. The van der Waals surface area contributed by atoms with Gasteiger partial charge in [0.1, 0.15) is 17.4 Å². The number of pyridine rings is 1. The van der Waals surface area contributed by atoms with E-state index in [9.17, 15) is 0 Å². The Kier molecular flexibility index (Phi) is 2.80. The summed E-state index contributed by atoms with van der Waals surface area (Å²) in [4.78, 5) is 8.72. The smallest absolute Gasteiger partial charge is 0.142 e. The van der Waals surface area contributed by atoms with Crippen molar-refractivity contribution in [2.75, 3.05) is 0 Å². The molecule has 0 saturated carbocycles. The Morgan fingerprint density at radius 1 is 1.32 bits per heavy atom. The first-order valence-electron chi connectivity index (χ1n) is 5.67. The van der Waals surface area contributed by atoms with Gasteiger partial charge in [-0.25, -0.2) is 4.98 Å². The van der Waals surface area contributed by atoms with Crippen molar-refractivity contribution in [2.45, 2.75) is 0 Å². The van der Waals surface area contributed by atoms with E-state index in [0.717, 1.165) is 26.9 Å². The van der Waals surface area contributed by atoms with Crippen molar-refractivity contribution in [3.05, 3.63) is 46.7 Å². The van der Waals surface area contributed by atoms with E-state index >= 15 is 0 Å². The summed E-state index contributed by atoms with van der Waals surface area (Å²) in [7, 11) is 1.94. The van der Waals surface area contributed by atoms with Crippen molar-refractivity contribution in [1.29, 1.82) is 5.26 Å². The van der Waals surface area contributed by atoms with Crippen LogP contribution in [0.25, 0.3) is 22.4 Å². The number of nitriles is 1. The van der Waals surface area contributed by atoms with Crippen molar-refractivity contribution >= 4 is 27.0 Å². The first kappa shape index (κ1) is 11.9. The van der Waals surface area contributed by atoms with Crippen molar-refractivity contribution in [2.24, 2.45) is 7.05 Å². The maximum Gasteiger partial charge on any atom is 0.142 e. The van der Waals surface area contributed by atoms with Gasteiger partial charge in [0.25, 0.3) is 0 Å². The normalized spacial score (nSPS) is 10.6. The summed E-state index contributed by atoms with van der Waals surface area (Å²) in [5.41, 5.74) is 3.16. The lowest BCUT2D eigenvalue weighted by Crippen LogP contribution is -1.92. The number of halogens is 1. The van der Waals surface area contributed by atoms with Crippen molar-refractivity contribution in [3.63, 3.8) is 0 Å². The highest BCUT2D eigenvalue weighted by Gasteiger charge is 2.12. The summed E-state index contributed by atoms with van der Waals surface area (Å²) >= 11 is 3.40. The van der Waals surface area contributed by atoms with Gasteiger partial charge in [0, 0.05) is 29.5 Å². The summed E-state index contributed by atoms with van der Waals surface area (Å²) in [6.45, 7) is 0. The van der Waals surface area contributed by atoms with Gasteiger partial charge in [0.2, 0.25) is 0 Å². The molecule has 0 fully saturated rings. The molecule has 0 radical (unpaired) electrons. The summed E-state index contributed by atoms with van der Waals surface area (Å²) in [5, 5.41) is 9.13. The van der Waals surface area contributed by atoms with Crippen LogP contribution in [0.15, 0.2) is 41.1 Å². The summed E-state index contributed by atoms with van der Waals surface area (Å²) in [5.74, 6) is 0.798. The van der Waals surface area contributed by atoms with E-state index in [4.69, 9.17) is 5.26 Å². The lowest BCUT2D eigenvalue weighted by Gasteiger charge is -2.02. The highest BCUT2D eigenvalue weighted by Crippen LogP contribution is 2.26. The number of aryl methyl sites for hydroxylation is 1. The lowest BCUT2D eigenvalue weighted by atomic mass is 10.2. The van der Waals surface area contributed by atoms with E-state index in [-0.39, 0.29) is 0 Å². The van der Waals surface area contributed by atoms with Crippen LogP contribution in [-0.2, 0) is 7.05 Å². The van der Waals surface area contributed by atoms with Crippen LogP contribution in [-0.4, -0.2) is 14.5 Å². The molecule has 0 saturated heterocycles. The summed E-state index contributed by atoms with van der Waals surface area (Å²) in [6.07, 6.45) is 3.49. The monoisotopic (exact) mass is 312 g/mol. The third-order valence-electron chi connectivity index (χ3n) is 3.00. The molecule has 0 unspecified atom stereocenters. The van der Waals surface area contributed by atoms with Gasteiger partial charge >= 0.3 is 0 Å². The number of rotatable bonds is 1. The minimum atomic E-state index is 0.585. The van der Waals surface area contributed by atoms with Gasteiger partial charge in [0.15, 0.2) is 0 Å². The van der Waals surface area contributed by atoms with Crippen LogP contribution >= 0.6 is 15.9 Å². The molecule has 0 spiro atoms. The van der Waals surface area contributed by atoms with Crippen LogP contribution in [0.3, 0.4) is 0 Å². The molecule has 2 aromatic heterocycles. The molecule has 0 bridgehead atoms. The van der Waals surface area contributed by atoms with Crippen LogP contribution in [0.5, 0.6) is 0 Å². The van der Waals surface area contributed by atoms with E-state index in [1.807, 2.05) is 29.8 Å². The number of aromatic nitrogens is 3. The van der Waals surface area contributed by atoms with Gasteiger partial charge in [-0.1, -0.05) is 6.07 Å². The third kappa shape index (κ3) is 1.90. The minimum absolute atomic E-state index is 0.585. The molecule has 0 amide bonds. The van der Waals surface area contributed by atoms with Crippen LogP contribution in [0.1, 0.15) is 5.56 Å². The molecule has 0 N–H and O–H groups in total. The fourth-order valence-corrected chi connectivity index (χ4v) is 2.46. The van der Waals surface area contributed by atoms with Crippen LogP contribution < -0.4 is 0 Å². The number of para-hydroxylation sites is 1. The number of benzene rings is 1. The number of hydrogen-bond acceptors (Lipinski definition) is 3. The maximum absolute atomic E-state index is 9.13. The predicted octanol–water partition coefficient (Wildman–Crippen LogP) is 3.27. The standard InChI is InChI=1S/C14H9BrN4/c1-19-12-4-2-3-9(6-16)13(12)18-14(19)10-5-11(15)8-17-7-10/h2-5,7-8H,1H3. The molecule has 0 aliphatic carbocycles. The van der Waals surface area contributed by atoms with Gasteiger partial charge < -0.3 is 4.57 Å². The zero-order valence-corrected chi connectivity index (χ0v) is 11.7. The average Bonchev–Trinajstić information content (AvgIpc) is 2.76. The SMILES string of the molecule is Cn1c(-c2cncc(Br)c2)nc2c(C#N)cccc21. The molecule has 92 valence electrons. The number of imidazole rings is 1. The van der Waals surface area contributed by atoms with Crippen LogP contribution in [0, 0.1) is 11.3 Å².